The van der Waals surface area contributed by atoms with Crippen LogP contribution in [0, 0.1) is 0 Å². The minimum Gasteiger partial charge on any atom is -0.476 e. The average Bonchev–Trinajstić information content (AvgIpc) is 2.04. The molecule has 0 spiro atoms. The summed E-state index contributed by atoms with van der Waals surface area (Å²) in [5.74, 6) is -1.05. The lowest BCUT2D eigenvalue weighted by atomic mass is 10.5. The molecule has 1 aromatic rings. The first-order chi connectivity index (χ1) is 6.09. The summed E-state index contributed by atoms with van der Waals surface area (Å²) in [4.78, 5) is 18.1. The number of carbonyl (C=O) groups is 1. The van der Waals surface area contributed by atoms with E-state index in [-0.39, 0.29) is 5.69 Å². The van der Waals surface area contributed by atoms with Crippen molar-refractivity contribution in [3.05, 3.63) is 18.1 Å². The molecule has 0 saturated heterocycles. The average molecular weight is 198 g/mol. The Kier molecular flexibility index (Phi) is 3.25. The lowest BCUT2D eigenvalue weighted by Crippen LogP contribution is -2.01. The van der Waals surface area contributed by atoms with E-state index < -0.39 is 5.97 Å². The number of thioether (sulfide) groups is 1. The lowest BCUT2D eigenvalue weighted by Gasteiger charge is -2.02. The molecule has 0 aliphatic rings. The molecule has 0 saturated carbocycles. The molecule has 0 aliphatic heterocycles. The van der Waals surface area contributed by atoms with Crippen LogP contribution in [0.2, 0.25) is 0 Å². The fourth-order valence-corrected chi connectivity index (χ4v) is 1.44. The van der Waals surface area contributed by atoms with E-state index >= 15 is 0 Å². The highest BCUT2D eigenvalue weighted by Gasteiger charge is 2.05. The number of hydrogen-bond donors (Lipinski definition) is 1. The highest BCUT2D eigenvalue weighted by atomic mass is 32.2. The first-order valence-electron chi connectivity index (χ1n) is 3.81. The topological polar surface area (TPSA) is 63.1 Å². The molecule has 0 fully saturated rings. The van der Waals surface area contributed by atoms with Crippen molar-refractivity contribution in [1.82, 2.24) is 9.97 Å². The Bertz CT molecular complexity index is 298. The Morgan fingerprint density at radius 3 is 2.54 bits per heavy atom. The molecule has 0 radical (unpaired) electrons. The molecule has 0 aliphatic carbocycles. The van der Waals surface area contributed by atoms with Crippen molar-refractivity contribution in [2.24, 2.45) is 0 Å². The summed E-state index contributed by atoms with van der Waals surface area (Å²) in [5, 5.41) is 9.72. The standard InChI is InChI=1S/C8H10N2O2S/c1-5(2)13-7-4-9-6(3-10-7)8(11)12/h3-5H,1-2H3,(H,11,12). The smallest absolute Gasteiger partial charge is 0.356 e. The van der Waals surface area contributed by atoms with Crippen LogP contribution in [-0.4, -0.2) is 26.3 Å². The lowest BCUT2D eigenvalue weighted by molar-refractivity contribution is 0.0689. The number of carboxylic acid groups (broad SMARTS) is 1. The van der Waals surface area contributed by atoms with Gasteiger partial charge in [-0.05, 0) is 0 Å². The Balaban J connectivity index is 2.75. The van der Waals surface area contributed by atoms with Crippen LogP contribution in [0.3, 0.4) is 0 Å². The van der Waals surface area contributed by atoms with Crippen LogP contribution in [0.15, 0.2) is 17.4 Å². The van der Waals surface area contributed by atoms with E-state index in [1.54, 1.807) is 11.8 Å². The third-order valence-electron chi connectivity index (χ3n) is 1.20. The van der Waals surface area contributed by atoms with Crippen LogP contribution in [0.4, 0.5) is 0 Å². The summed E-state index contributed by atoms with van der Waals surface area (Å²) in [7, 11) is 0. The minimum absolute atomic E-state index is 0.0203. The second-order valence-electron chi connectivity index (χ2n) is 2.71. The van der Waals surface area contributed by atoms with Gasteiger partial charge in [0.2, 0.25) is 0 Å². The summed E-state index contributed by atoms with van der Waals surface area (Å²) in [6, 6.07) is 0. The van der Waals surface area contributed by atoms with Gasteiger partial charge in [0.25, 0.3) is 0 Å². The van der Waals surface area contributed by atoms with Crippen molar-refractivity contribution in [3.63, 3.8) is 0 Å². The molecule has 70 valence electrons. The zero-order valence-corrected chi connectivity index (χ0v) is 8.21. The fraction of sp³-hybridized carbons (Fsp3) is 0.375. The van der Waals surface area contributed by atoms with Crippen LogP contribution in [0.5, 0.6) is 0 Å². The SMILES string of the molecule is CC(C)Sc1cnc(C(=O)O)cn1. The number of hydrogen-bond acceptors (Lipinski definition) is 4. The van der Waals surface area contributed by atoms with Gasteiger partial charge in [-0.25, -0.2) is 14.8 Å². The van der Waals surface area contributed by atoms with Crippen molar-refractivity contribution >= 4 is 17.7 Å². The summed E-state index contributed by atoms with van der Waals surface area (Å²) in [6.07, 6.45) is 2.75. The molecule has 0 bridgehead atoms. The normalized spacial score (nSPS) is 10.4. The van der Waals surface area contributed by atoms with Gasteiger partial charge in [0.15, 0.2) is 5.69 Å². The van der Waals surface area contributed by atoms with Crippen molar-refractivity contribution in [3.8, 4) is 0 Å². The zero-order valence-electron chi connectivity index (χ0n) is 7.39. The van der Waals surface area contributed by atoms with E-state index in [0.717, 1.165) is 5.03 Å². The van der Waals surface area contributed by atoms with Gasteiger partial charge in [0.1, 0.15) is 5.03 Å². The highest BCUT2D eigenvalue weighted by molar-refractivity contribution is 7.99. The third-order valence-corrected chi connectivity index (χ3v) is 2.13. The largest absolute Gasteiger partial charge is 0.476 e. The summed E-state index contributed by atoms with van der Waals surface area (Å²) in [5.41, 5.74) is -0.0203. The van der Waals surface area contributed by atoms with Gasteiger partial charge in [-0.3, -0.25) is 0 Å². The second-order valence-corrected chi connectivity index (χ2v) is 4.31. The quantitative estimate of drug-likeness (QED) is 0.748. The molecule has 0 unspecified atom stereocenters. The van der Waals surface area contributed by atoms with Crippen LogP contribution in [0.1, 0.15) is 24.3 Å². The van der Waals surface area contributed by atoms with E-state index in [0.29, 0.717) is 5.25 Å². The van der Waals surface area contributed by atoms with Gasteiger partial charge in [-0.15, -0.1) is 11.8 Å². The molecule has 0 aromatic carbocycles. The maximum Gasteiger partial charge on any atom is 0.356 e. The first kappa shape index (κ1) is 9.98. The Hall–Kier alpha value is -1.10. The molecule has 0 atom stereocenters. The Morgan fingerprint density at radius 2 is 2.15 bits per heavy atom. The molecule has 13 heavy (non-hydrogen) atoms. The van der Waals surface area contributed by atoms with Crippen molar-refractivity contribution < 1.29 is 9.90 Å². The second kappa shape index (κ2) is 4.23. The maximum absolute atomic E-state index is 10.4. The predicted molar refractivity (Wildman–Crippen MR) is 50.0 cm³/mol. The van der Waals surface area contributed by atoms with Gasteiger partial charge in [-0.2, -0.15) is 0 Å². The van der Waals surface area contributed by atoms with Gasteiger partial charge >= 0.3 is 5.97 Å². The monoisotopic (exact) mass is 198 g/mol. The Labute approximate surface area is 80.4 Å². The van der Waals surface area contributed by atoms with E-state index in [2.05, 4.69) is 9.97 Å². The van der Waals surface area contributed by atoms with E-state index in [1.165, 1.54) is 12.4 Å². The van der Waals surface area contributed by atoms with Crippen molar-refractivity contribution in [2.45, 2.75) is 24.1 Å². The zero-order chi connectivity index (χ0) is 9.84. The molecule has 1 rings (SSSR count). The molecule has 0 amide bonds. The summed E-state index contributed by atoms with van der Waals surface area (Å²) < 4.78 is 0. The van der Waals surface area contributed by atoms with Crippen molar-refractivity contribution in [1.29, 1.82) is 0 Å². The molecular formula is C8H10N2O2S. The van der Waals surface area contributed by atoms with Crippen LogP contribution in [-0.2, 0) is 0 Å². The van der Waals surface area contributed by atoms with Gasteiger partial charge < -0.3 is 5.11 Å². The first-order valence-corrected chi connectivity index (χ1v) is 4.69. The third kappa shape index (κ3) is 3.02. The highest BCUT2D eigenvalue weighted by Crippen LogP contribution is 2.18. The van der Waals surface area contributed by atoms with Crippen LogP contribution in [0.25, 0.3) is 0 Å². The fourth-order valence-electron chi connectivity index (χ4n) is 0.729. The van der Waals surface area contributed by atoms with Crippen molar-refractivity contribution in [2.75, 3.05) is 0 Å². The number of aromatic nitrogens is 2. The van der Waals surface area contributed by atoms with E-state index in [1.807, 2.05) is 13.8 Å². The van der Waals surface area contributed by atoms with E-state index in [4.69, 9.17) is 5.11 Å². The minimum atomic E-state index is -1.05. The summed E-state index contributed by atoms with van der Waals surface area (Å²) >= 11 is 1.55. The number of aromatic carboxylic acids is 1. The molecular weight excluding hydrogens is 188 g/mol. The molecule has 5 heteroatoms. The number of nitrogens with zero attached hydrogens (tertiary/aromatic N) is 2. The molecule has 1 N–H and O–H groups in total. The number of carboxylic acids is 1. The maximum atomic E-state index is 10.4. The summed E-state index contributed by atoms with van der Waals surface area (Å²) in [6.45, 7) is 4.08. The predicted octanol–water partition coefficient (Wildman–Crippen LogP) is 1.68. The van der Waals surface area contributed by atoms with Crippen LogP contribution >= 0.6 is 11.8 Å². The van der Waals surface area contributed by atoms with Gasteiger partial charge in [0, 0.05) is 5.25 Å². The van der Waals surface area contributed by atoms with E-state index in [9.17, 15) is 4.79 Å². The molecule has 1 heterocycles. The van der Waals surface area contributed by atoms with Crippen LogP contribution < -0.4 is 0 Å². The van der Waals surface area contributed by atoms with Gasteiger partial charge in [-0.1, -0.05) is 13.8 Å². The number of rotatable bonds is 3. The Morgan fingerprint density at radius 1 is 1.46 bits per heavy atom. The molecule has 4 nitrogen and oxygen atoms in total. The molecule has 1 aromatic heterocycles. The van der Waals surface area contributed by atoms with Gasteiger partial charge in [0.05, 0.1) is 12.4 Å².